The third kappa shape index (κ3) is 3.18. The van der Waals surface area contributed by atoms with Gasteiger partial charge in [-0.05, 0) is 30.2 Å². The zero-order valence-corrected chi connectivity index (χ0v) is 14.8. The normalized spacial score (nSPS) is 16.0. The number of carbonyl (C=O) groups is 1. The van der Waals surface area contributed by atoms with E-state index in [1.54, 1.807) is 11.8 Å². The van der Waals surface area contributed by atoms with Gasteiger partial charge in [-0.1, -0.05) is 78.4 Å². The minimum atomic E-state index is 0.0184. The van der Waals surface area contributed by atoms with Crippen LogP contribution in [-0.2, 0) is 0 Å². The van der Waals surface area contributed by atoms with Crippen molar-refractivity contribution in [3.05, 3.63) is 107 Å². The Morgan fingerprint density at radius 3 is 2.28 bits per heavy atom. The maximum Gasteiger partial charge on any atom is 0.190 e. The molecule has 122 valence electrons. The second-order valence-electron chi connectivity index (χ2n) is 6.24. The predicted octanol–water partition coefficient (Wildman–Crippen LogP) is 6.11. The van der Waals surface area contributed by atoms with E-state index in [1.807, 2.05) is 55.5 Å². The molecule has 1 heterocycles. The molecule has 3 aromatic rings. The molecule has 1 aliphatic rings. The highest BCUT2D eigenvalue weighted by Crippen LogP contribution is 2.47. The highest BCUT2D eigenvalue weighted by molar-refractivity contribution is 8.00. The van der Waals surface area contributed by atoms with E-state index in [1.165, 1.54) is 4.90 Å². The summed E-state index contributed by atoms with van der Waals surface area (Å²) in [7, 11) is 0. The van der Waals surface area contributed by atoms with Crippen molar-refractivity contribution in [2.24, 2.45) is 0 Å². The van der Waals surface area contributed by atoms with Crippen LogP contribution in [0.3, 0.4) is 0 Å². The lowest BCUT2D eigenvalue weighted by atomic mass is 9.93. The lowest BCUT2D eigenvalue weighted by Gasteiger charge is -2.25. The first-order chi connectivity index (χ1) is 12.2. The van der Waals surface area contributed by atoms with Crippen LogP contribution in [0.1, 0.15) is 32.3 Å². The average molecular weight is 342 g/mol. The topological polar surface area (TPSA) is 17.1 Å². The number of aryl methyl sites for hydroxylation is 1. The van der Waals surface area contributed by atoms with Gasteiger partial charge in [0.05, 0.1) is 5.25 Å². The fourth-order valence-corrected chi connectivity index (χ4v) is 4.34. The van der Waals surface area contributed by atoms with Gasteiger partial charge in [0.25, 0.3) is 0 Å². The predicted molar refractivity (Wildman–Crippen MR) is 105 cm³/mol. The molecule has 1 nitrogen and oxygen atoms in total. The van der Waals surface area contributed by atoms with Crippen LogP contribution in [-0.4, -0.2) is 5.78 Å². The van der Waals surface area contributed by atoms with Crippen LogP contribution in [0.15, 0.2) is 89.3 Å². The van der Waals surface area contributed by atoms with Gasteiger partial charge in [0.1, 0.15) is 0 Å². The van der Waals surface area contributed by atoms with Gasteiger partial charge in [0.2, 0.25) is 0 Å². The van der Waals surface area contributed by atoms with E-state index in [0.29, 0.717) is 0 Å². The summed E-state index contributed by atoms with van der Waals surface area (Å²) in [6, 6.07) is 26.4. The number of Topliss-reactive ketones (excluding diaryl/α,β-unsaturated/α-hetero) is 1. The average Bonchev–Trinajstić information content (AvgIpc) is 2.68. The van der Waals surface area contributed by atoms with Gasteiger partial charge in [0, 0.05) is 16.0 Å². The fraction of sp³-hybridized carbons (Fsp3) is 0.0870. The van der Waals surface area contributed by atoms with Gasteiger partial charge in [-0.2, -0.15) is 0 Å². The zero-order valence-electron chi connectivity index (χ0n) is 14.0. The van der Waals surface area contributed by atoms with Gasteiger partial charge in [-0.25, -0.2) is 0 Å². The van der Waals surface area contributed by atoms with Crippen molar-refractivity contribution in [1.29, 1.82) is 0 Å². The van der Waals surface area contributed by atoms with Crippen molar-refractivity contribution in [2.45, 2.75) is 17.1 Å². The van der Waals surface area contributed by atoms with Gasteiger partial charge >= 0.3 is 0 Å². The van der Waals surface area contributed by atoms with Crippen molar-refractivity contribution in [3.8, 4) is 0 Å². The summed E-state index contributed by atoms with van der Waals surface area (Å²) in [6.07, 6.45) is 2.06. The highest BCUT2D eigenvalue weighted by atomic mass is 32.2. The number of hydrogen-bond donors (Lipinski definition) is 0. The summed E-state index contributed by atoms with van der Waals surface area (Å²) in [4.78, 5) is 14.4. The molecular weight excluding hydrogens is 324 g/mol. The van der Waals surface area contributed by atoms with Crippen LogP contribution >= 0.6 is 11.8 Å². The number of thioether (sulfide) groups is 1. The lowest BCUT2D eigenvalue weighted by molar-refractivity contribution is 0.103. The summed E-state index contributed by atoms with van der Waals surface area (Å²) in [6.45, 7) is 2.03. The van der Waals surface area contributed by atoms with Gasteiger partial charge in [-0.15, -0.1) is 11.8 Å². The number of carbonyl (C=O) groups excluding carboxylic acids is 1. The number of hydrogen-bond acceptors (Lipinski definition) is 2. The Morgan fingerprint density at radius 1 is 0.840 bits per heavy atom. The van der Waals surface area contributed by atoms with Crippen molar-refractivity contribution in [3.63, 3.8) is 0 Å². The Hall–Kier alpha value is -2.58. The molecule has 0 radical (unpaired) electrons. The maximum absolute atomic E-state index is 13.2. The number of benzene rings is 3. The Balaban J connectivity index is 1.81. The molecule has 2 heteroatoms. The Bertz CT molecular complexity index is 939. The number of rotatable bonds is 3. The molecule has 0 saturated carbocycles. The molecule has 1 aliphatic heterocycles. The Morgan fingerprint density at radius 2 is 1.52 bits per heavy atom. The van der Waals surface area contributed by atoms with Crippen LogP contribution in [0.5, 0.6) is 0 Å². The summed E-state index contributed by atoms with van der Waals surface area (Å²) in [5.74, 6) is 0.107. The fourth-order valence-electron chi connectivity index (χ4n) is 3.07. The molecule has 4 rings (SSSR count). The third-order valence-electron chi connectivity index (χ3n) is 4.44. The first-order valence-electron chi connectivity index (χ1n) is 8.36. The maximum atomic E-state index is 13.2. The first kappa shape index (κ1) is 15.9. The molecule has 0 aliphatic carbocycles. The third-order valence-corrected chi connectivity index (χ3v) is 5.82. The molecule has 0 saturated heterocycles. The zero-order chi connectivity index (χ0) is 17.2. The SMILES string of the molecule is Cc1ccc(C(=O)C2=Cc3ccccc3SC2c2ccccc2)cc1. The quantitative estimate of drug-likeness (QED) is 0.534. The van der Waals surface area contributed by atoms with Crippen LogP contribution in [0.4, 0.5) is 0 Å². The molecule has 0 fully saturated rings. The molecular formula is C23H18OS. The molecule has 3 aromatic carbocycles. The van der Waals surface area contributed by atoms with Crippen molar-refractivity contribution in [1.82, 2.24) is 0 Å². The molecule has 0 N–H and O–H groups in total. The Labute approximate surface area is 152 Å². The first-order valence-corrected chi connectivity index (χ1v) is 9.24. The molecule has 1 atom stereocenters. The summed E-state index contributed by atoms with van der Waals surface area (Å²) in [5, 5.41) is 0.0184. The van der Waals surface area contributed by atoms with E-state index in [4.69, 9.17) is 0 Å². The second-order valence-corrected chi connectivity index (χ2v) is 7.39. The minimum absolute atomic E-state index is 0.0184. The van der Waals surface area contributed by atoms with Crippen molar-refractivity contribution >= 4 is 23.6 Å². The highest BCUT2D eigenvalue weighted by Gasteiger charge is 2.28. The van der Waals surface area contributed by atoms with E-state index in [2.05, 4.69) is 36.4 Å². The summed E-state index contributed by atoms with van der Waals surface area (Å²) < 4.78 is 0. The van der Waals surface area contributed by atoms with Crippen LogP contribution in [0.25, 0.3) is 6.08 Å². The largest absolute Gasteiger partial charge is 0.289 e. The van der Waals surface area contributed by atoms with E-state index in [-0.39, 0.29) is 11.0 Å². The minimum Gasteiger partial charge on any atom is -0.289 e. The van der Waals surface area contributed by atoms with Crippen LogP contribution < -0.4 is 0 Å². The van der Waals surface area contributed by atoms with Gasteiger partial charge in [0.15, 0.2) is 5.78 Å². The van der Waals surface area contributed by atoms with E-state index < -0.39 is 0 Å². The number of ketones is 1. The smallest absolute Gasteiger partial charge is 0.190 e. The molecule has 0 bridgehead atoms. The van der Waals surface area contributed by atoms with Crippen molar-refractivity contribution < 1.29 is 4.79 Å². The Kier molecular flexibility index (Phi) is 4.29. The molecule has 0 amide bonds. The molecule has 0 aromatic heterocycles. The van der Waals surface area contributed by atoms with Crippen molar-refractivity contribution in [2.75, 3.05) is 0 Å². The molecule has 1 unspecified atom stereocenters. The summed E-state index contributed by atoms with van der Waals surface area (Å²) >= 11 is 1.76. The van der Waals surface area contributed by atoms with Crippen LogP contribution in [0, 0.1) is 6.92 Å². The monoisotopic (exact) mass is 342 g/mol. The summed E-state index contributed by atoms with van der Waals surface area (Å²) in [5.41, 5.74) is 5.04. The molecule has 0 spiro atoms. The van der Waals surface area contributed by atoms with Gasteiger partial charge < -0.3 is 0 Å². The lowest BCUT2D eigenvalue weighted by Crippen LogP contribution is -2.13. The van der Waals surface area contributed by atoms with Crippen LogP contribution in [0.2, 0.25) is 0 Å². The standard InChI is InChI=1S/C23H18OS/c1-16-11-13-17(14-12-16)22(24)20-15-19-9-5-6-10-21(19)25-23(20)18-7-3-2-4-8-18/h2-15,23H,1H3. The van der Waals surface area contributed by atoms with E-state index in [9.17, 15) is 4.79 Å². The molecule has 25 heavy (non-hydrogen) atoms. The number of fused-ring (bicyclic) bond motifs is 1. The second kappa shape index (κ2) is 6.73. The van der Waals surface area contributed by atoms with E-state index in [0.717, 1.165) is 27.8 Å². The van der Waals surface area contributed by atoms with E-state index >= 15 is 0 Å². The van der Waals surface area contributed by atoms with Gasteiger partial charge in [-0.3, -0.25) is 4.79 Å².